The van der Waals surface area contributed by atoms with Crippen molar-refractivity contribution >= 4 is 23.0 Å². The van der Waals surface area contributed by atoms with Crippen LogP contribution in [0.4, 0.5) is 5.82 Å². The fourth-order valence-electron chi connectivity index (χ4n) is 1.78. The van der Waals surface area contributed by atoms with E-state index in [0.717, 1.165) is 17.2 Å². The van der Waals surface area contributed by atoms with E-state index in [4.69, 9.17) is 18.0 Å². The normalized spacial score (nSPS) is 10.2. The molecular formula is C14H16N4S. The third-order valence-electron chi connectivity index (χ3n) is 2.72. The molecule has 0 radical (unpaired) electrons. The van der Waals surface area contributed by atoms with Crippen LogP contribution in [0.3, 0.4) is 0 Å². The van der Waals surface area contributed by atoms with Crippen molar-refractivity contribution in [3.8, 4) is 0 Å². The Balaban J connectivity index is 2.18. The van der Waals surface area contributed by atoms with E-state index in [9.17, 15) is 0 Å². The van der Waals surface area contributed by atoms with Gasteiger partial charge in [0.25, 0.3) is 0 Å². The number of thiocarbonyl (C=S) groups is 1. The van der Waals surface area contributed by atoms with Crippen molar-refractivity contribution in [1.29, 1.82) is 0 Å². The second kappa shape index (κ2) is 5.75. The van der Waals surface area contributed by atoms with Gasteiger partial charge >= 0.3 is 0 Å². The van der Waals surface area contributed by atoms with Crippen LogP contribution in [0.1, 0.15) is 17.1 Å². The summed E-state index contributed by atoms with van der Waals surface area (Å²) in [4.78, 5) is 11.2. The molecule has 0 spiro atoms. The predicted octanol–water partition coefficient (Wildman–Crippen LogP) is 2.06. The van der Waals surface area contributed by atoms with Crippen LogP contribution in [0.5, 0.6) is 0 Å². The molecule has 0 aromatic carbocycles. The van der Waals surface area contributed by atoms with Crippen LogP contribution in [0.25, 0.3) is 0 Å². The van der Waals surface area contributed by atoms with Crippen molar-refractivity contribution < 1.29 is 0 Å². The van der Waals surface area contributed by atoms with Crippen molar-refractivity contribution in [2.45, 2.75) is 13.5 Å². The molecule has 98 valence electrons. The average Bonchev–Trinajstić information content (AvgIpc) is 2.39. The summed E-state index contributed by atoms with van der Waals surface area (Å²) < 4.78 is 0. The van der Waals surface area contributed by atoms with E-state index < -0.39 is 0 Å². The summed E-state index contributed by atoms with van der Waals surface area (Å²) in [6.07, 6.45) is 0. The fourth-order valence-corrected chi connectivity index (χ4v) is 1.90. The minimum atomic E-state index is 0.309. The molecule has 2 aromatic rings. The maximum absolute atomic E-state index is 5.59. The van der Waals surface area contributed by atoms with Gasteiger partial charge in [-0.05, 0) is 31.2 Å². The SMILES string of the molecule is Cc1cccc(CN(C)c2cccc(C(N)=S)n2)n1. The highest BCUT2D eigenvalue weighted by molar-refractivity contribution is 7.80. The zero-order valence-electron chi connectivity index (χ0n) is 11.0. The van der Waals surface area contributed by atoms with E-state index in [1.54, 1.807) is 0 Å². The third kappa shape index (κ3) is 3.48. The van der Waals surface area contributed by atoms with Crippen molar-refractivity contribution in [2.24, 2.45) is 5.73 Å². The molecule has 0 unspecified atom stereocenters. The minimum absolute atomic E-state index is 0.309. The Kier molecular flexibility index (Phi) is 4.06. The molecule has 0 saturated carbocycles. The molecule has 0 fully saturated rings. The van der Waals surface area contributed by atoms with Crippen LogP contribution >= 0.6 is 12.2 Å². The van der Waals surface area contributed by atoms with Crippen LogP contribution in [0.15, 0.2) is 36.4 Å². The van der Waals surface area contributed by atoms with Gasteiger partial charge in [-0.1, -0.05) is 24.4 Å². The zero-order chi connectivity index (χ0) is 13.8. The molecule has 2 aromatic heterocycles. The van der Waals surface area contributed by atoms with E-state index >= 15 is 0 Å². The number of aromatic nitrogens is 2. The molecule has 0 saturated heterocycles. The topological polar surface area (TPSA) is 55.0 Å². The number of hydrogen-bond acceptors (Lipinski definition) is 4. The number of nitrogens with two attached hydrogens (primary N) is 1. The molecule has 0 aliphatic heterocycles. The smallest absolute Gasteiger partial charge is 0.129 e. The van der Waals surface area contributed by atoms with E-state index in [-0.39, 0.29) is 0 Å². The summed E-state index contributed by atoms with van der Waals surface area (Å²) >= 11 is 4.94. The van der Waals surface area contributed by atoms with Gasteiger partial charge in [-0.2, -0.15) is 0 Å². The molecule has 0 bridgehead atoms. The van der Waals surface area contributed by atoms with Crippen LogP contribution in [-0.2, 0) is 6.54 Å². The van der Waals surface area contributed by atoms with E-state index in [1.165, 1.54) is 0 Å². The Hall–Kier alpha value is -2.01. The molecule has 2 N–H and O–H groups in total. The lowest BCUT2D eigenvalue weighted by Gasteiger charge is -2.18. The number of rotatable bonds is 4. The minimum Gasteiger partial charge on any atom is -0.388 e. The van der Waals surface area contributed by atoms with Crippen LogP contribution in [0.2, 0.25) is 0 Å². The molecule has 0 amide bonds. The van der Waals surface area contributed by atoms with Crippen LogP contribution in [-0.4, -0.2) is 22.0 Å². The molecule has 19 heavy (non-hydrogen) atoms. The van der Waals surface area contributed by atoms with E-state index in [1.807, 2.05) is 55.3 Å². The van der Waals surface area contributed by atoms with Crippen molar-refractivity contribution in [2.75, 3.05) is 11.9 Å². The Morgan fingerprint density at radius 3 is 2.63 bits per heavy atom. The Morgan fingerprint density at radius 2 is 1.95 bits per heavy atom. The maximum Gasteiger partial charge on any atom is 0.129 e. The fraction of sp³-hybridized carbons (Fsp3) is 0.214. The van der Waals surface area contributed by atoms with Gasteiger partial charge in [0.1, 0.15) is 10.8 Å². The second-order valence-electron chi connectivity index (χ2n) is 4.37. The molecule has 2 rings (SSSR count). The van der Waals surface area contributed by atoms with Gasteiger partial charge in [-0.3, -0.25) is 4.98 Å². The summed E-state index contributed by atoms with van der Waals surface area (Å²) in [5.41, 5.74) is 8.24. The monoisotopic (exact) mass is 272 g/mol. The Labute approximate surface area is 118 Å². The first-order valence-corrected chi connectivity index (χ1v) is 6.37. The third-order valence-corrected chi connectivity index (χ3v) is 2.93. The predicted molar refractivity (Wildman–Crippen MR) is 81.2 cm³/mol. The summed E-state index contributed by atoms with van der Waals surface area (Å²) in [5, 5.41) is 0. The largest absolute Gasteiger partial charge is 0.388 e. The van der Waals surface area contributed by atoms with Gasteiger partial charge in [0, 0.05) is 12.7 Å². The number of nitrogens with zero attached hydrogens (tertiary/aromatic N) is 3. The maximum atomic E-state index is 5.59. The van der Waals surface area contributed by atoms with Gasteiger partial charge in [0.15, 0.2) is 0 Å². The van der Waals surface area contributed by atoms with Crippen molar-refractivity contribution in [1.82, 2.24) is 9.97 Å². The molecule has 2 heterocycles. The van der Waals surface area contributed by atoms with E-state index in [0.29, 0.717) is 17.2 Å². The molecule has 4 nitrogen and oxygen atoms in total. The number of aryl methyl sites for hydroxylation is 1. The van der Waals surface area contributed by atoms with Gasteiger partial charge in [0.2, 0.25) is 0 Å². The Morgan fingerprint density at radius 1 is 1.21 bits per heavy atom. The number of hydrogen-bond donors (Lipinski definition) is 1. The summed E-state index contributed by atoms with van der Waals surface area (Å²) in [7, 11) is 1.97. The number of anilines is 1. The Bertz CT molecular complexity index is 598. The lowest BCUT2D eigenvalue weighted by molar-refractivity contribution is 0.858. The van der Waals surface area contributed by atoms with Gasteiger partial charge < -0.3 is 10.6 Å². The molecule has 0 atom stereocenters. The quantitative estimate of drug-likeness (QED) is 0.863. The van der Waals surface area contributed by atoms with Gasteiger partial charge in [-0.25, -0.2) is 4.98 Å². The van der Waals surface area contributed by atoms with Gasteiger partial charge in [0.05, 0.1) is 17.9 Å². The van der Waals surface area contributed by atoms with Crippen molar-refractivity contribution in [3.63, 3.8) is 0 Å². The summed E-state index contributed by atoms with van der Waals surface area (Å²) in [6, 6.07) is 11.6. The highest BCUT2D eigenvalue weighted by Crippen LogP contribution is 2.12. The molecule has 0 aliphatic rings. The molecule has 0 aliphatic carbocycles. The molecular weight excluding hydrogens is 256 g/mol. The highest BCUT2D eigenvalue weighted by Gasteiger charge is 2.06. The second-order valence-corrected chi connectivity index (χ2v) is 4.81. The first-order valence-electron chi connectivity index (χ1n) is 5.97. The summed E-state index contributed by atoms with van der Waals surface area (Å²) in [6.45, 7) is 2.67. The van der Waals surface area contributed by atoms with Crippen LogP contribution < -0.4 is 10.6 Å². The first-order chi connectivity index (χ1) is 9.06. The lowest BCUT2D eigenvalue weighted by atomic mass is 10.3. The number of pyridine rings is 2. The summed E-state index contributed by atoms with van der Waals surface area (Å²) in [5.74, 6) is 0.827. The molecule has 5 heteroatoms. The van der Waals surface area contributed by atoms with Crippen molar-refractivity contribution in [3.05, 3.63) is 53.5 Å². The highest BCUT2D eigenvalue weighted by atomic mass is 32.1. The zero-order valence-corrected chi connectivity index (χ0v) is 11.8. The van der Waals surface area contributed by atoms with E-state index in [2.05, 4.69) is 9.97 Å². The lowest BCUT2D eigenvalue weighted by Crippen LogP contribution is -2.20. The van der Waals surface area contributed by atoms with Crippen LogP contribution in [0, 0.1) is 6.92 Å². The standard InChI is InChI=1S/C14H16N4S/c1-10-5-3-6-11(16-10)9-18(2)13-8-4-7-12(17-13)14(15)19/h3-8H,9H2,1-2H3,(H2,15,19). The van der Waals surface area contributed by atoms with Gasteiger partial charge in [-0.15, -0.1) is 0 Å². The first kappa shape index (κ1) is 13.4. The average molecular weight is 272 g/mol.